The highest BCUT2D eigenvalue weighted by molar-refractivity contribution is 7.47. The van der Waals surface area contributed by atoms with E-state index in [2.05, 4.69) is 41.5 Å². The van der Waals surface area contributed by atoms with E-state index in [1.807, 2.05) is 0 Å². The third-order valence-electron chi connectivity index (χ3n) is 21.0. The molecule has 0 saturated carbocycles. The summed E-state index contributed by atoms with van der Waals surface area (Å²) in [4.78, 5) is 73.3. The molecule has 0 fully saturated rings. The van der Waals surface area contributed by atoms with Gasteiger partial charge in [-0.15, -0.1) is 0 Å². The molecule has 0 saturated heterocycles. The van der Waals surface area contributed by atoms with Crippen molar-refractivity contribution in [3.8, 4) is 0 Å². The number of carbonyl (C=O) groups is 4. The molecule has 0 heterocycles. The van der Waals surface area contributed by atoms with Crippen molar-refractivity contribution in [2.45, 2.75) is 496 Å². The molecule has 3 N–H and O–H groups in total. The van der Waals surface area contributed by atoms with Gasteiger partial charge in [-0.1, -0.05) is 427 Å². The van der Waals surface area contributed by atoms with Crippen LogP contribution in [-0.2, 0) is 65.4 Å². The first kappa shape index (κ1) is 106. The summed E-state index contributed by atoms with van der Waals surface area (Å²) in [6.45, 7) is 9.72. The van der Waals surface area contributed by atoms with Gasteiger partial charge in [-0.25, -0.2) is 9.13 Å². The van der Waals surface area contributed by atoms with Crippen molar-refractivity contribution >= 4 is 39.5 Å². The number of phosphoric acid groups is 2. The van der Waals surface area contributed by atoms with Crippen molar-refractivity contribution in [1.29, 1.82) is 0 Å². The average Bonchev–Trinajstić information content (AvgIpc) is 0.896. The minimum Gasteiger partial charge on any atom is -0.462 e. The van der Waals surface area contributed by atoms with Crippen LogP contribution < -0.4 is 0 Å². The van der Waals surface area contributed by atoms with Crippen molar-refractivity contribution in [2.75, 3.05) is 39.6 Å². The Bertz CT molecular complexity index is 2060. The standard InChI is InChI=1S/C89H174O17P2/c1-7-9-11-13-15-17-19-20-21-22-23-24-25-26-31-34-37-43-49-55-61-67-73-88(93)105-85(78-100-87(92)72-66-60-54-48-42-36-33-30-28-27-29-32-35-40-45-51-57-63-69-81(3)4)80-104-108(97,98)102-76-83(90)75-101-107(95,96)103-79-84(77-99-86(91)71-65-59-53-47-39-18-16-14-12-10-8-2)106-89(94)74-68-62-56-50-44-38-41-46-52-58-64-70-82(5)6/h81-85,90H,7-80H2,1-6H3,(H,95,96)(H,97,98)/t83-,84+,85+/m0/s1. The molecule has 0 aliphatic heterocycles. The van der Waals surface area contributed by atoms with Crippen LogP contribution in [0.3, 0.4) is 0 Å². The number of aliphatic hydroxyl groups is 1. The van der Waals surface area contributed by atoms with E-state index in [1.54, 1.807) is 0 Å². The number of carbonyl (C=O) groups excluding carboxylic acids is 4. The van der Waals surface area contributed by atoms with Crippen molar-refractivity contribution < 1.29 is 80.2 Å². The van der Waals surface area contributed by atoms with E-state index < -0.39 is 97.5 Å². The van der Waals surface area contributed by atoms with Gasteiger partial charge in [0.15, 0.2) is 12.2 Å². The first-order valence-corrected chi connectivity index (χ1v) is 49.0. The van der Waals surface area contributed by atoms with Crippen molar-refractivity contribution in [2.24, 2.45) is 11.8 Å². The monoisotopic (exact) mass is 1580 g/mol. The first-order chi connectivity index (χ1) is 52.4. The Balaban J connectivity index is 5.21. The topological polar surface area (TPSA) is 237 Å². The summed E-state index contributed by atoms with van der Waals surface area (Å²) >= 11 is 0. The Morgan fingerprint density at radius 3 is 0.630 bits per heavy atom. The fourth-order valence-corrected chi connectivity index (χ4v) is 15.5. The normalized spacial score (nSPS) is 13.8. The van der Waals surface area contributed by atoms with E-state index in [0.717, 1.165) is 102 Å². The van der Waals surface area contributed by atoms with E-state index >= 15 is 0 Å². The van der Waals surface area contributed by atoms with Gasteiger partial charge in [0, 0.05) is 25.7 Å². The number of hydrogen-bond donors (Lipinski definition) is 3. The summed E-state index contributed by atoms with van der Waals surface area (Å²) in [6.07, 6.45) is 73.7. The SMILES string of the molecule is CCCCCCCCCCCCCCCCCCCCCCCCC(=O)O[C@H](COC(=O)CCCCCCCCCCCCCCCCCCCCC(C)C)COP(=O)(O)OC[C@@H](O)COP(=O)(O)OC[C@@H](COC(=O)CCCCCCCCCCCCC)OC(=O)CCCCCCCCCCCCCC(C)C. The second-order valence-corrected chi connectivity index (χ2v) is 35.8. The predicted molar refractivity (Wildman–Crippen MR) is 446 cm³/mol. The van der Waals surface area contributed by atoms with E-state index in [4.69, 9.17) is 37.0 Å². The number of phosphoric ester groups is 2. The van der Waals surface area contributed by atoms with Crippen LogP contribution >= 0.6 is 15.6 Å². The van der Waals surface area contributed by atoms with Gasteiger partial charge in [-0.2, -0.15) is 0 Å². The number of unbranched alkanes of at least 4 members (excludes halogenated alkanes) is 58. The summed E-state index contributed by atoms with van der Waals surface area (Å²) in [5, 5.41) is 10.7. The Morgan fingerprint density at radius 1 is 0.250 bits per heavy atom. The van der Waals surface area contributed by atoms with Gasteiger partial charge in [0.2, 0.25) is 0 Å². The summed E-state index contributed by atoms with van der Waals surface area (Å²) in [5.74, 6) is -0.511. The largest absolute Gasteiger partial charge is 0.472 e. The third-order valence-corrected chi connectivity index (χ3v) is 22.9. The Kier molecular flexibility index (Phi) is 78.8. The lowest BCUT2D eigenvalue weighted by Crippen LogP contribution is -2.30. The van der Waals surface area contributed by atoms with E-state index in [-0.39, 0.29) is 25.7 Å². The Morgan fingerprint density at radius 2 is 0.426 bits per heavy atom. The molecule has 0 aromatic carbocycles. The molecule has 2 unspecified atom stereocenters. The fraction of sp³-hybridized carbons (Fsp3) is 0.955. The molecular weight excluding hydrogens is 1400 g/mol. The van der Waals surface area contributed by atoms with Crippen LogP contribution in [0.4, 0.5) is 0 Å². The second-order valence-electron chi connectivity index (χ2n) is 32.9. The molecule has 19 heteroatoms. The number of esters is 4. The molecule has 17 nitrogen and oxygen atoms in total. The maximum absolute atomic E-state index is 13.2. The minimum absolute atomic E-state index is 0.107. The molecule has 0 bridgehead atoms. The average molecular weight is 1580 g/mol. The molecule has 0 aromatic rings. The Labute approximate surface area is 664 Å². The van der Waals surface area contributed by atoms with Gasteiger partial charge in [0.05, 0.1) is 26.4 Å². The van der Waals surface area contributed by atoms with E-state index in [1.165, 1.54) is 295 Å². The highest BCUT2D eigenvalue weighted by Gasteiger charge is 2.31. The summed E-state index contributed by atoms with van der Waals surface area (Å²) < 4.78 is 69.0. The summed E-state index contributed by atoms with van der Waals surface area (Å²) in [7, 11) is -9.93. The second kappa shape index (κ2) is 80.3. The number of aliphatic hydroxyl groups excluding tert-OH is 1. The highest BCUT2D eigenvalue weighted by atomic mass is 31.2. The fourth-order valence-electron chi connectivity index (χ4n) is 14.0. The lowest BCUT2D eigenvalue weighted by Gasteiger charge is -2.21. The van der Waals surface area contributed by atoms with Gasteiger partial charge in [-0.05, 0) is 37.5 Å². The number of rotatable bonds is 88. The summed E-state index contributed by atoms with van der Waals surface area (Å²) in [5.41, 5.74) is 0. The van der Waals surface area contributed by atoms with Crippen LogP contribution in [0.25, 0.3) is 0 Å². The third kappa shape index (κ3) is 82.1. The van der Waals surface area contributed by atoms with Gasteiger partial charge in [-0.3, -0.25) is 37.3 Å². The molecule has 0 spiro atoms. The van der Waals surface area contributed by atoms with Gasteiger partial charge in [0.25, 0.3) is 0 Å². The zero-order valence-corrected chi connectivity index (χ0v) is 73.0. The van der Waals surface area contributed by atoms with E-state index in [9.17, 15) is 43.2 Å². The molecule has 0 radical (unpaired) electrons. The molecular formula is C89H174O17P2. The highest BCUT2D eigenvalue weighted by Crippen LogP contribution is 2.45. The van der Waals surface area contributed by atoms with Crippen LogP contribution in [0.15, 0.2) is 0 Å². The molecule has 0 aliphatic carbocycles. The smallest absolute Gasteiger partial charge is 0.462 e. The minimum atomic E-state index is -4.97. The van der Waals surface area contributed by atoms with Crippen LogP contribution in [0, 0.1) is 11.8 Å². The molecule has 0 amide bonds. The zero-order valence-electron chi connectivity index (χ0n) is 71.2. The lowest BCUT2D eigenvalue weighted by atomic mass is 10.0. The van der Waals surface area contributed by atoms with Crippen molar-refractivity contribution in [3.63, 3.8) is 0 Å². The van der Waals surface area contributed by atoms with Crippen LogP contribution in [0.1, 0.15) is 478 Å². The molecule has 108 heavy (non-hydrogen) atoms. The molecule has 0 aliphatic rings. The lowest BCUT2D eigenvalue weighted by molar-refractivity contribution is -0.161. The van der Waals surface area contributed by atoms with Crippen LogP contribution in [0.5, 0.6) is 0 Å². The Hall–Kier alpha value is -1.94. The van der Waals surface area contributed by atoms with Crippen LogP contribution in [0.2, 0.25) is 0 Å². The van der Waals surface area contributed by atoms with Gasteiger partial charge >= 0.3 is 39.5 Å². The molecule has 0 aromatic heterocycles. The maximum Gasteiger partial charge on any atom is 0.472 e. The zero-order chi connectivity index (χ0) is 79.2. The first-order valence-electron chi connectivity index (χ1n) is 46.0. The summed E-state index contributed by atoms with van der Waals surface area (Å²) in [6, 6.07) is 0. The molecule has 5 atom stereocenters. The van der Waals surface area contributed by atoms with Crippen molar-refractivity contribution in [1.82, 2.24) is 0 Å². The van der Waals surface area contributed by atoms with Gasteiger partial charge in [0.1, 0.15) is 19.3 Å². The van der Waals surface area contributed by atoms with Gasteiger partial charge < -0.3 is 33.8 Å². The predicted octanol–water partition coefficient (Wildman–Crippen LogP) is 27.4. The maximum atomic E-state index is 13.2. The van der Waals surface area contributed by atoms with Crippen LogP contribution in [-0.4, -0.2) is 96.7 Å². The number of hydrogen-bond acceptors (Lipinski definition) is 15. The molecule has 642 valence electrons. The van der Waals surface area contributed by atoms with E-state index in [0.29, 0.717) is 25.7 Å². The molecule has 0 rings (SSSR count). The quantitative estimate of drug-likeness (QED) is 0.0222. The number of ether oxygens (including phenoxy) is 4. The van der Waals surface area contributed by atoms with Crippen molar-refractivity contribution in [3.05, 3.63) is 0 Å².